The molecular formula is C28H27F2I3O11S. The van der Waals surface area contributed by atoms with Gasteiger partial charge in [-0.3, -0.25) is 14.1 Å². The highest BCUT2D eigenvalue weighted by Gasteiger charge is 2.57. The first kappa shape index (κ1) is 35.1. The zero-order chi connectivity index (χ0) is 33.1. The fourth-order valence-electron chi connectivity index (χ4n) is 6.99. The number of carbonyl (C=O) groups excluding carboxylic acids is 4. The zero-order valence-corrected chi connectivity index (χ0v) is 30.8. The molecule has 0 aromatic heterocycles. The maximum absolute atomic E-state index is 13.7. The summed E-state index contributed by atoms with van der Waals surface area (Å²) in [6.07, 6.45) is 8.56. The summed E-state index contributed by atoms with van der Waals surface area (Å²) in [6, 6.07) is 1.57. The Morgan fingerprint density at radius 1 is 0.978 bits per heavy atom. The van der Waals surface area contributed by atoms with E-state index in [0.29, 0.717) is 25.4 Å². The number of allylic oxidation sites excluding steroid dienone is 2. The third kappa shape index (κ3) is 6.74. The first-order valence-corrected chi connectivity index (χ1v) is 18.6. The van der Waals surface area contributed by atoms with Crippen LogP contribution in [0.3, 0.4) is 0 Å². The minimum Gasteiger partial charge on any atom is -0.459 e. The van der Waals surface area contributed by atoms with E-state index in [4.69, 9.17) is 18.8 Å². The summed E-state index contributed by atoms with van der Waals surface area (Å²) in [4.78, 5) is 51.5. The normalized spacial score (nSPS) is 29.9. The van der Waals surface area contributed by atoms with Crippen molar-refractivity contribution in [3.8, 4) is 5.75 Å². The highest BCUT2D eigenvalue weighted by Crippen LogP contribution is 2.54. The van der Waals surface area contributed by atoms with Crippen LogP contribution in [0.4, 0.5) is 8.78 Å². The number of rotatable bonds is 10. The van der Waals surface area contributed by atoms with Crippen LogP contribution >= 0.6 is 67.8 Å². The molecule has 4 aliphatic rings. The first-order chi connectivity index (χ1) is 20.9. The maximum atomic E-state index is 13.7. The summed E-state index contributed by atoms with van der Waals surface area (Å²) >= 11 is 5.62. The average molecular weight is 990 g/mol. The number of halogens is 5. The molecular weight excluding hydrogens is 963 g/mol. The van der Waals surface area contributed by atoms with Gasteiger partial charge in [0.1, 0.15) is 18.8 Å². The highest BCUT2D eigenvalue weighted by atomic mass is 127. The molecule has 5 rings (SSSR count). The molecule has 0 radical (unpaired) electrons. The van der Waals surface area contributed by atoms with E-state index in [1.165, 1.54) is 0 Å². The van der Waals surface area contributed by atoms with Crippen molar-refractivity contribution in [2.45, 2.75) is 49.9 Å². The summed E-state index contributed by atoms with van der Waals surface area (Å²) in [5.41, 5.74) is -0.548. The lowest BCUT2D eigenvalue weighted by atomic mass is 9.82. The summed E-state index contributed by atoms with van der Waals surface area (Å²) in [6.45, 7) is 0.340. The number of carbonyl (C=O) groups is 4. The van der Waals surface area contributed by atoms with Gasteiger partial charge in [0.25, 0.3) is 0 Å². The van der Waals surface area contributed by atoms with Gasteiger partial charge in [0.2, 0.25) is 0 Å². The molecule has 0 spiro atoms. The molecule has 0 heterocycles. The predicted octanol–water partition coefficient (Wildman–Crippen LogP) is 5.15. The van der Waals surface area contributed by atoms with Crippen molar-refractivity contribution in [3.63, 3.8) is 0 Å². The maximum Gasteiger partial charge on any atom is 0.465 e. The smallest absolute Gasteiger partial charge is 0.459 e. The van der Waals surface area contributed by atoms with E-state index in [-0.39, 0.29) is 26.7 Å². The standard InChI is InChI=1S/C28H27F2I3O11S/c1-27(11-12-2-5-15(27)8-12)44-25(36)19-14-4-3-13(9-14)18(19)24(35)43-22-17(32)10-16(31)20(21(22)33)23(34)41-6-7-42-26(37)28(29,30)45(38,39)40/h3-4,10,12-15,18-19H,2,5-9,11H2,1H3,(H,38,39,40). The Kier molecular flexibility index (Phi) is 10.2. The van der Waals surface area contributed by atoms with Crippen LogP contribution in [-0.4, -0.2) is 60.9 Å². The van der Waals surface area contributed by atoms with Crippen molar-refractivity contribution in [1.29, 1.82) is 0 Å². The molecule has 7 atom stereocenters. The van der Waals surface area contributed by atoms with Crippen molar-refractivity contribution in [1.82, 2.24) is 0 Å². The second kappa shape index (κ2) is 13.0. The van der Waals surface area contributed by atoms with Gasteiger partial charge in [-0.05, 0) is 137 Å². The monoisotopic (exact) mass is 990 g/mol. The summed E-state index contributed by atoms with van der Waals surface area (Å²) in [5, 5.41) is -5.19. The fraction of sp³-hybridized carbons (Fsp3) is 0.571. The van der Waals surface area contributed by atoms with Crippen LogP contribution in [0, 0.1) is 46.2 Å². The first-order valence-electron chi connectivity index (χ1n) is 13.9. The number of benzene rings is 1. The van der Waals surface area contributed by atoms with Crippen LogP contribution < -0.4 is 4.74 Å². The van der Waals surface area contributed by atoms with Crippen molar-refractivity contribution >= 4 is 102 Å². The Balaban J connectivity index is 1.26. The van der Waals surface area contributed by atoms with Gasteiger partial charge >= 0.3 is 39.2 Å². The number of esters is 4. The lowest BCUT2D eigenvalue weighted by Crippen LogP contribution is -2.43. The molecule has 0 amide bonds. The highest BCUT2D eigenvalue weighted by molar-refractivity contribution is 14.1. The fourth-order valence-corrected chi connectivity index (χ4v) is 11.3. The quantitative estimate of drug-likeness (QED) is 0.0629. The van der Waals surface area contributed by atoms with E-state index >= 15 is 0 Å². The van der Waals surface area contributed by atoms with Crippen LogP contribution in [0.25, 0.3) is 0 Å². The van der Waals surface area contributed by atoms with Gasteiger partial charge in [-0.25, -0.2) is 9.59 Å². The van der Waals surface area contributed by atoms with E-state index < -0.39 is 69.9 Å². The van der Waals surface area contributed by atoms with Crippen LogP contribution in [-0.2, 0) is 38.7 Å². The molecule has 4 aliphatic carbocycles. The molecule has 0 aliphatic heterocycles. The van der Waals surface area contributed by atoms with Crippen molar-refractivity contribution < 1.29 is 59.9 Å². The molecule has 3 saturated carbocycles. The van der Waals surface area contributed by atoms with Crippen molar-refractivity contribution in [2.75, 3.05) is 13.2 Å². The Labute approximate surface area is 298 Å². The minimum absolute atomic E-state index is 0.0120. The molecule has 3 fully saturated rings. The van der Waals surface area contributed by atoms with Gasteiger partial charge in [-0.2, -0.15) is 17.2 Å². The molecule has 1 aromatic rings. The minimum atomic E-state index is -6.05. The lowest BCUT2D eigenvalue weighted by Gasteiger charge is -2.36. The van der Waals surface area contributed by atoms with Gasteiger partial charge in [-0.15, -0.1) is 0 Å². The van der Waals surface area contributed by atoms with Crippen LogP contribution in [0.5, 0.6) is 5.75 Å². The third-order valence-electron chi connectivity index (χ3n) is 9.08. The van der Waals surface area contributed by atoms with Crippen molar-refractivity contribution in [3.05, 3.63) is 34.5 Å². The Morgan fingerprint density at radius 2 is 1.60 bits per heavy atom. The second-order valence-electron chi connectivity index (χ2n) is 11.9. The van der Waals surface area contributed by atoms with E-state index in [1.807, 2.05) is 86.8 Å². The zero-order valence-electron chi connectivity index (χ0n) is 23.5. The number of hydrogen-bond acceptors (Lipinski definition) is 10. The van der Waals surface area contributed by atoms with Crippen LogP contribution in [0.2, 0.25) is 0 Å². The average Bonchev–Trinajstić information content (AvgIpc) is 3.73. The SMILES string of the molecule is CC1(OC(=O)C2C3C=CC(C3)C2C(=O)Oc2c(I)cc(I)c(C(=O)OCCOC(=O)C(F)(F)S(=O)(=O)O)c2I)CC2CCC1C2. The molecule has 4 bridgehead atoms. The summed E-state index contributed by atoms with van der Waals surface area (Å²) < 4.78 is 78.8. The van der Waals surface area contributed by atoms with E-state index in [9.17, 15) is 36.4 Å². The van der Waals surface area contributed by atoms with Gasteiger partial charge in [-0.1, -0.05) is 12.2 Å². The Hall–Kier alpha value is -1.20. The molecule has 1 aromatic carbocycles. The molecule has 45 heavy (non-hydrogen) atoms. The van der Waals surface area contributed by atoms with Crippen molar-refractivity contribution in [2.24, 2.45) is 35.5 Å². The predicted molar refractivity (Wildman–Crippen MR) is 176 cm³/mol. The molecule has 0 saturated heterocycles. The molecule has 7 unspecified atom stereocenters. The molecule has 17 heteroatoms. The topological polar surface area (TPSA) is 160 Å². The number of hydrogen-bond donors (Lipinski definition) is 1. The Bertz CT molecular complexity index is 1580. The van der Waals surface area contributed by atoms with Crippen LogP contribution in [0.1, 0.15) is 49.4 Å². The van der Waals surface area contributed by atoms with Gasteiger partial charge in [0.05, 0.1) is 24.5 Å². The second-order valence-corrected chi connectivity index (χ2v) is 16.7. The largest absolute Gasteiger partial charge is 0.465 e. The lowest BCUT2D eigenvalue weighted by molar-refractivity contribution is -0.174. The third-order valence-corrected chi connectivity index (χ3v) is 12.6. The molecule has 1 N–H and O–H groups in total. The van der Waals surface area contributed by atoms with Gasteiger partial charge in [0, 0.05) is 3.57 Å². The van der Waals surface area contributed by atoms with E-state index in [0.717, 1.165) is 25.7 Å². The number of alkyl halides is 2. The number of fused-ring (bicyclic) bond motifs is 4. The van der Waals surface area contributed by atoms with Gasteiger partial charge < -0.3 is 18.9 Å². The molecule has 246 valence electrons. The Morgan fingerprint density at radius 3 is 2.18 bits per heavy atom. The molecule has 11 nitrogen and oxygen atoms in total. The summed E-state index contributed by atoms with van der Waals surface area (Å²) in [7, 11) is -6.05. The number of ether oxygens (including phenoxy) is 4. The summed E-state index contributed by atoms with van der Waals surface area (Å²) in [5.74, 6) is -5.37. The van der Waals surface area contributed by atoms with Gasteiger partial charge in [0.15, 0.2) is 5.75 Å². The van der Waals surface area contributed by atoms with E-state index in [2.05, 4.69) is 4.74 Å². The van der Waals surface area contributed by atoms with E-state index in [1.54, 1.807) is 6.07 Å². The van der Waals surface area contributed by atoms with Crippen LogP contribution in [0.15, 0.2) is 18.2 Å².